The van der Waals surface area contributed by atoms with Crippen LogP contribution in [-0.2, 0) is 25.7 Å². The maximum Gasteiger partial charge on any atom is 0.324 e. The monoisotopic (exact) mass is 547 g/mol. The summed E-state index contributed by atoms with van der Waals surface area (Å²) in [6.45, 7) is 5.47. The molecule has 1 N–H and O–H groups in total. The van der Waals surface area contributed by atoms with E-state index in [1.54, 1.807) is 13.8 Å². The second-order valence-corrected chi connectivity index (χ2v) is 10.4. The average molecular weight is 548 g/mol. The van der Waals surface area contributed by atoms with Crippen molar-refractivity contribution in [3.8, 4) is 5.75 Å². The number of H-pyrrole nitrogens is 1. The SMILES string of the molecule is Cc1ccc(COc2ccc(Br)cc2[C@@H](c2c[nH]c3ccccc23)C2C(=O)OC(C)(C)OC2=O)cc1. The minimum absolute atomic E-state index is 0.335. The number of para-hydroxylation sites is 1. The van der Waals surface area contributed by atoms with Gasteiger partial charge >= 0.3 is 11.9 Å². The van der Waals surface area contributed by atoms with Crippen molar-refractivity contribution in [3.05, 3.63) is 99.7 Å². The van der Waals surface area contributed by atoms with Crippen LogP contribution in [0.15, 0.2) is 77.4 Å². The molecule has 4 aromatic rings. The summed E-state index contributed by atoms with van der Waals surface area (Å²) in [7, 11) is 0. The first-order chi connectivity index (χ1) is 17.2. The molecule has 0 amide bonds. The zero-order valence-electron chi connectivity index (χ0n) is 20.2. The van der Waals surface area contributed by atoms with Gasteiger partial charge in [-0.3, -0.25) is 9.59 Å². The number of aryl methyl sites for hydroxylation is 1. The predicted molar refractivity (Wildman–Crippen MR) is 140 cm³/mol. The normalized spacial score (nSPS) is 16.4. The fourth-order valence-corrected chi connectivity index (χ4v) is 5.00. The number of hydrogen-bond acceptors (Lipinski definition) is 5. The number of carbonyl (C=O) groups excluding carboxylic acids is 2. The van der Waals surface area contributed by atoms with Crippen molar-refractivity contribution in [1.82, 2.24) is 4.98 Å². The van der Waals surface area contributed by atoms with Crippen molar-refractivity contribution in [2.75, 3.05) is 0 Å². The number of hydrogen-bond donors (Lipinski definition) is 1. The number of cyclic esters (lactones) is 2. The van der Waals surface area contributed by atoms with Crippen LogP contribution in [0.3, 0.4) is 0 Å². The summed E-state index contributed by atoms with van der Waals surface area (Å²) < 4.78 is 18.1. The molecule has 5 rings (SSSR count). The van der Waals surface area contributed by atoms with Crippen LogP contribution in [-0.4, -0.2) is 22.7 Å². The van der Waals surface area contributed by atoms with Crippen LogP contribution >= 0.6 is 15.9 Å². The highest BCUT2D eigenvalue weighted by Gasteiger charge is 2.49. The van der Waals surface area contributed by atoms with Crippen molar-refractivity contribution in [3.63, 3.8) is 0 Å². The smallest absolute Gasteiger partial charge is 0.324 e. The van der Waals surface area contributed by atoms with E-state index < -0.39 is 29.6 Å². The highest BCUT2D eigenvalue weighted by molar-refractivity contribution is 9.10. The Morgan fingerprint density at radius 2 is 1.67 bits per heavy atom. The molecule has 0 radical (unpaired) electrons. The van der Waals surface area contributed by atoms with Gasteiger partial charge in [0.2, 0.25) is 0 Å². The fourth-order valence-electron chi connectivity index (χ4n) is 4.62. The molecule has 1 saturated heterocycles. The average Bonchev–Trinajstić information content (AvgIpc) is 3.25. The van der Waals surface area contributed by atoms with E-state index in [0.29, 0.717) is 17.9 Å². The van der Waals surface area contributed by atoms with Gasteiger partial charge in [-0.05, 0) is 42.3 Å². The van der Waals surface area contributed by atoms with E-state index >= 15 is 0 Å². The van der Waals surface area contributed by atoms with Gasteiger partial charge in [0, 0.05) is 46.9 Å². The highest BCUT2D eigenvalue weighted by Crippen LogP contribution is 2.44. The minimum Gasteiger partial charge on any atom is -0.489 e. The third-order valence-corrected chi connectivity index (χ3v) is 6.81. The summed E-state index contributed by atoms with van der Waals surface area (Å²) in [5.41, 5.74) is 4.53. The van der Waals surface area contributed by atoms with Crippen molar-refractivity contribution < 1.29 is 23.8 Å². The minimum atomic E-state index is -1.32. The second-order valence-electron chi connectivity index (χ2n) is 9.44. The van der Waals surface area contributed by atoms with E-state index in [-0.39, 0.29) is 0 Å². The Balaban J connectivity index is 1.63. The largest absolute Gasteiger partial charge is 0.489 e. The van der Waals surface area contributed by atoms with Gasteiger partial charge in [0.1, 0.15) is 12.4 Å². The molecule has 1 fully saturated rings. The summed E-state index contributed by atoms with van der Waals surface area (Å²) >= 11 is 3.56. The van der Waals surface area contributed by atoms with Crippen LogP contribution in [0.2, 0.25) is 0 Å². The zero-order valence-corrected chi connectivity index (χ0v) is 21.8. The second kappa shape index (κ2) is 9.47. The van der Waals surface area contributed by atoms with Crippen molar-refractivity contribution >= 4 is 38.8 Å². The number of fused-ring (bicyclic) bond motifs is 1. The lowest BCUT2D eigenvalue weighted by Gasteiger charge is -2.36. The number of carbonyl (C=O) groups is 2. The van der Waals surface area contributed by atoms with E-state index in [1.165, 1.54) is 5.56 Å². The molecular formula is C29H26BrNO5. The number of esters is 2. The van der Waals surface area contributed by atoms with E-state index in [9.17, 15) is 9.59 Å². The van der Waals surface area contributed by atoms with E-state index in [1.807, 2.05) is 79.9 Å². The van der Waals surface area contributed by atoms with Crippen LogP contribution < -0.4 is 4.74 Å². The molecule has 0 saturated carbocycles. The number of aromatic nitrogens is 1. The molecule has 0 bridgehead atoms. The van der Waals surface area contributed by atoms with Gasteiger partial charge in [0.05, 0.1) is 0 Å². The van der Waals surface area contributed by atoms with Crippen LogP contribution in [0.5, 0.6) is 5.75 Å². The molecule has 0 spiro atoms. The van der Waals surface area contributed by atoms with E-state index in [4.69, 9.17) is 14.2 Å². The number of aromatic amines is 1. The van der Waals surface area contributed by atoms with Crippen LogP contribution in [0, 0.1) is 12.8 Å². The Bertz CT molecular complexity index is 1420. The molecule has 1 aliphatic rings. The third kappa shape index (κ3) is 4.75. The summed E-state index contributed by atoms with van der Waals surface area (Å²) in [5, 5.41) is 0.900. The van der Waals surface area contributed by atoms with Gasteiger partial charge in [0.25, 0.3) is 5.79 Å². The van der Waals surface area contributed by atoms with Gasteiger partial charge in [-0.1, -0.05) is 64.0 Å². The number of benzene rings is 3. The van der Waals surface area contributed by atoms with Gasteiger partial charge in [-0.25, -0.2) is 0 Å². The first-order valence-corrected chi connectivity index (χ1v) is 12.5. The lowest BCUT2D eigenvalue weighted by molar-refractivity contribution is -0.240. The predicted octanol–water partition coefficient (Wildman–Crippen LogP) is 6.40. The van der Waals surface area contributed by atoms with Gasteiger partial charge in [-0.2, -0.15) is 0 Å². The Kier molecular flexibility index (Phi) is 6.35. The van der Waals surface area contributed by atoms with Gasteiger partial charge in [0.15, 0.2) is 5.92 Å². The molecule has 0 aliphatic carbocycles. The first-order valence-electron chi connectivity index (χ1n) is 11.7. The maximum absolute atomic E-state index is 13.3. The Hall–Kier alpha value is -3.58. The number of ether oxygens (including phenoxy) is 3. The molecule has 2 heterocycles. The third-order valence-electron chi connectivity index (χ3n) is 6.31. The quantitative estimate of drug-likeness (QED) is 0.223. The van der Waals surface area contributed by atoms with Gasteiger partial charge < -0.3 is 19.2 Å². The molecule has 7 heteroatoms. The lowest BCUT2D eigenvalue weighted by atomic mass is 9.79. The topological polar surface area (TPSA) is 77.6 Å². The molecule has 1 atom stereocenters. The molecule has 0 unspecified atom stereocenters. The van der Waals surface area contributed by atoms with Crippen molar-refractivity contribution in [2.24, 2.45) is 5.92 Å². The standard InChI is InChI=1S/C29H26BrNO5/c1-17-8-10-18(11-9-17)16-34-24-13-12-19(30)14-21(24)25(22-15-31-23-7-5-4-6-20(22)23)26-27(32)35-29(2,3)36-28(26)33/h4-15,25-26,31H,16H2,1-3H3/t25-/m0/s1. The van der Waals surface area contributed by atoms with E-state index in [2.05, 4.69) is 20.9 Å². The zero-order chi connectivity index (χ0) is 25.4. The molecule has 3 aromatic carbocycles. The fraction of sp³-hybridized carbons (Fsp3) is 0.241. The van der Waals surface area contributed by atoms with Crippen LogP contribution in [0.1, 0.15) is 42.0 Å². The van der Waals surface area contributed by atoms with Crippen molar-refractivity contribution in [2.45, 2.75) is 39.1 Å². The molecule has 6 nitrogen and oxygen atoms in total. The first kappa shape index (κ1) is 24.1. The molecule has 184 valence electrons. The van der Waals surface area contributed by atoms with E-state index in [0.717, 1.165) is 26.5 Å². The van der Waals surface area contributed by atoms with Crippen LogP contribution in [0.4, 0.5) is 0 Å². The summed E-state index contributed by atoms with van der Waals surface area (Å²) in [6.07, 6.45) is 1.83. The molecule has 1 aliphatic heterocycles. The van der Waals surface area contributed by atoms with Crippen molar-refractivity contribution in [1.29, 1.82) is 0 Å². The molecule has 36 heavy (non-hydrogen) atoms. The molecular weight excluding hydrogens is 522 g/mol. The number of nitrogens with one attached hydrogen (secondary N) is 1. The summed E-state index contributed by atoms with van der Waals surface area (Å²) in [4.78, 5) is 29.8. The number of halogens is 1. The maximum atomic E-state index is 13.3. The lowest BCUT2D eigenvalue weighted by Crippen LogP contribution is -2.48. The number of rotatable bonds is 6. The highest BCUT2D eigenvalue weighted by atomic mass is 79.9. The Labute approximate surface area is 217 Å². The Morgan fingerprint density at radius 3 is 2.39 bits per heavy atom. The summed E-state index contributed by atoms with van der Waals surface area (Å²) in [6, 6.07) is 21.5. The van der Waals surface area contributed by atoms with Gasteiger partial charge in [-0.15, -0.1) is 0 Å². The summed E-state index contributed by atoms with van der Waals surface area (Å²) in [5.74, 6) is -3.92. The van der Waals surface area contributed by atoms with Crippen LogP contribution in [0.25, 0.3) is 10.9 Å². The molecule has 1 aromatic heterocycles. The Morgan fingerprint density at radius 1 is 0.972 bits per heavy atom.